The molecule has 2 atom stereocenters. The van der Waals surface area contributed by atoms with Gasteiger partial charge in [0, 0.05) is 6.26 Å². The van der Waals surface area contributed by atoms with Crippen LogP contribution in [0, 0.1) is 0 Å². The fourth-order valence-corrected chi connectivity index (χ4v) is 2.71. The molecule has 0 fully saturated rings. The van der Waals surface area contributed by atoms with Crippen LogP contribution in [0.25, 0.3) is 0 Å². The van der Waals surface area contributed by atoms with Crippen molar-refractivity contribution in [3.05, 3.63) is 35.9 Å². The standard InChI is InChI=1S/C15H21F3N2O3S/c1-24(22,23)10-9-12(19)14(21)20-13(15(16,17)18)8-7-11-5-3-2-4-6-11/h2-6,12-13H,7-10,19H2,1H3,(H,20,21). The minimum Gasteiger partial charge on any atom is -0.343 e. The normalized spacial score (nSPS) is 14.9. The van der Waals surface area contributed by atoms with Crippen molar-refractivity contribution in [2.24, 2.45) is 5.73 Å². The fourth-order valence-electron chi connectivity index (χ4n) is 2.02. The van der Waals surface area contributed by atoms with Crippen molar-refractivity contribution in [1.29, 1.82) is 0 Å². The summed E-state index contributed by atoms with van der Waals surface area (Å²) in [6, 6.07) is 5.26. The minimum absolute atomic E-state index is 0.143. The highest BCUT2D eigenvalue weighted by molar-refractivity contribution is 7.90. The summed E-state index contributed by atoms with van der Waals surface area (Å²) in [7, 11) is -3.34. The number of halogens is 3. The van der Waals surface area contributed by atoms with E-state index in [2.05, 4.69) is 0 Å². The Morgan fingerprint density at radius 1 is 1.21 bits per heavy atom. The highest BCUT2D eigenvalue weighted by atomic mass is 32.2. The zero-order chi connectivity index (χ0) is 18.4. The monoisotopic (exact) mass is 366 g/mol. The van der Waals surface area contributed by atoms with Gasteiger partial charge in [0.25, 0.3) is 0 Å². The molecule has 0 aliphatic heterocycles. The molecular weight excluding hydrogens is 345 g/mol. The van der Waals surface area contributed by atoms with Crippen LogP contribution in [0.3, 0.4) is 0 Å². The minimum atomic E-state index is -4.61. The van der Waals surface area contributed by atoms with Gasteiger partial charge in [-0.25, -0.2) is 8.42 Å². The maximum absolute atomic E-state index is 13.1. The molecule has 0 spiro atoms. The van der Waals surface area contributed by atoms with Gasteiger partial charge in [-0.1, -0.05) is 30.3 Å². The first kappa shape index (κ1) is 20.4. The molecule has 1 amide bonds. The SMILES string of the molecule is CS(=O)(=O)CCC(N)C(=O)NC(CCc1ccccc1)C(F)(F)F. The van der Waals surface area contributed by atoms with Crippen molar-refractivity contribution >= 4 is 15.7 Å². The molecule has 0 bridgehead atoms. The first-order valence-electron chi connectivity index (χ1n) is 7.33. The number of alkyl halides is 3. The first-order chi connectivity index (χ1) is 11.0. The van der Waals surface area contributed by atoms with Gasteiger partial charge in [-0.3, -0.25) is 4.79 Å². The van der Waals surface area contributed by atoms with Gasteiger partial charge in [0.2, 0.25) is 5.91 Å². The Bertz CT molecular complexity index is 633. The van der Waals surface area contributed by atoms with Gasteiger partial charge < -0.3 is 11.1 Å². The Morgan fingerprint density at radius 3 is 2.29 bits per heavy atom. The van der Waals surface area contributed by atoms with E-state index >= 15 is 0 Å². The predicted octanol–water partition coefficient (Wildman–Crippen LogP) is 1.43. The Balaban J connectivity index is 2.63. The van der Waals surface area contributed by atoms with Gasteiger partial charge in [-0.05, 0) is 24.8 Å². The summed E-state index contributed by atoms with van der Waals surface area (Å²) in [5.41, 5.74) is 6.20. The second-order valence-corrected chi connectivity index (χ2v) is 7.91. The summed E-state index contributed by atoms with van der Waals surface area (Å²) in [6.07, 6.45) is -4.05. The van der Waals surface area contributed by atoms with Crippen molar-refractivity contribution < 1.29 is 26.4 Å². The Morgan fingerprint density at radius 2 is 1.79 bits per heavy atom. The Hall–Kier alpha value is -1.61. The van der Waals surface area contributed by atoms with Crippen LogP contribution in [-0.4, -0.2) is 44.6 Å². The van der Waals surface area contributed by atoms with Crippen molar-refractivity contribution in [3.8, 4) is 0 Å². The number of benzene rings is 1. The smallest absolute Gasteiger partial charge is 0.343 e. The summed E-state index contributed by atoms with van der Waals surface area (Å²) in [4.78, 5) is 11.8. The molecule has 0 radical (unpaired) electrons. The van der Waals surface area contributed by atoms with Gasteiger partial charge in [0.15, 0.2) is 0 Å². The zero-order valence-corrected chi connectivity index (χ0v) is 14.0. The maximum Gasteiger partial charge on any atom is 0.408 e. The molecule has 0 saturated heterocycles. The van der Waals surface area contributed by atoms with Gasteiger partial charge in [-0.15, -0.1) is 0 Å². The number of hydrogen-bond donors (Lipinski definition) is 2. The number of sulfone groups is 1. The molecule has 0 saturated carbocycles. The van der Waals surface area contributed by atoms with Crippen LogP contribution >= 0.6 is 0 Å². The summed E-state index contributed by atoms with van der Waals surface area (Å²) < 4.78 is 61.3. The van der Waals surface area contributed by atoms with E-state index < -0.39 is 34.0 Å². The predicted molar refractivity (Wildman–Crippen MR) is 85.1 cm³/mol. The number of nitrogens with two attached hydrogens (primary N) is 1. The second kappa shape index (κ2) is 8.48. The lowest BCUT2D eigenvalue weighted by atomic mass is 10.0. The van der Waals surface area contributed by atoms with Crippen molar-refractivity contribution in [2.75, 3.05) is 12.0 Å². The fraction of sp³-hybridized carbons (Fsp3) is 0.533. The molecule has 9 heteroatoms. The lowest BCUT2D eigenvalue weighted by Crippen LogP contribution is -2.51. The first-order valence-corrected chi connectivity index (χ1v) is 9.39. The lowest BCUT2D eigenvalue weighted by Gasteiger charge is -2.23. The van der Waals surface area contributed by atoms with E-state index in [-0.39, 0.29) is 25.0 Å². The maximum atomic E-state index is 13.1. The highest BCUT2D eigenvalue weighted by Crippen LogP contribution is 2.24. The largest absolute Gasteiger partial charge is 0.408 e. The summed E-state index contributed by atoms with van der Waals surface area (Å²) in [5, 5.41) is 1.88. The lowest BCUT2D eigenvalue weighted by molar-refractivity contribution is -0.163. The summed E-state index contributed by atoms with van der Waals surface area (Å²) >= 11 is 0. The van der Waals surface area contributed by atoms with Crippen molar-refractivity contribution in [2.45, 2.75) is 37.5 Å². The third-order valence-corrected chi connectivity index (χ3v) is 4.39. The van der Waals surface area contributed by atoms with E-state index in [1.54, 1.807) is 30.3 Å². The van der Waals surface area contributed by atoms with E-state index in [4.69, 9.17) is 5.73 Å². The molecule has 2 unspecified atom stereocenters. The molecule has 0 aromatic heterocycles. The number of nitrogens with one attached hydrogen (secondary N) is 1. The van der Waals surface area contributed by atoms with Crippen LogP contribution in [0.15, 0.2) is 30.3 Å². The van der Waals surface area contributed by atoms with Gasteiger partial charge in [-0.2, -0.15) is 13.2 Å². The number of carbonyl (C=O) groups is 1. The van der Waals surface area contributed by atoms with E-state index in [9.17, 15) is 26.4 Å². The molecule has 3 N–H and O–H groups in total. The number of aryl methyl sites for hydroxylation is 1. The molecule has 0 heterocycles. The average Bonchev–Trinajstić information content (AvgIpc) is 2.47. The van der Waals surface area contributed by atoms with Gasteiger partial charge >= 0.3 is 6.18 Å². The van der Waals surface area contributed by atoms with Crippen LogP contribution in [-0.2, 0) is 21.1 Å². The number of amides is 1. The summed E-state index contributed by atoms with van der Waals surface area (Å²) in [5.74, 6) is -1.36. The Kier molecular flexibility index (Phi) is 7.22. The molecule has 5 nitrogen and oxygen atoms in total. The molecule has 0 aliphatic rings. The second-order valence-electron chi connectivity index (χ2n) is 5.65. The van der Waals surface area contributed by atoms with Gasteiger partial charge in [0.1, 0.15) is 15.9 Å². The molecule has 136 valence electrons. The van der Waals surface area contributed by atoms with E-state index in [0.717, 1.165) is 11.8 Å². The van der Waals surface area contributed by atoms with Crippen molar-refractivity contribution in [1.82, 2.24) is 5.32 Å². The number of carbonyl (C=O) groups excluding carboxylic acids is 1. The van der Waals surface area contributed by atoms with Crippen LogP contribution in [0.4, 0.5) is 13.2 Å². The Labute approximate surface area is 139 Å². The third-order valence-electron chi connectivity index (χ3n) is 3.41. The molecule has 24 heavy (non-hydrogen) atoms. The third kappa shape index (κ3) is 7.78. The quantitative estimate of drug-likeness (QED) is 0.728. The zero-order valence-electron chi connectivity index (χ0n) is 13.2. The van der Waals surface area contributed by atoms with Crippen LogP contribution in [0.2, 0.25) is 0 Å². The summed E-state index contributed by atoms with van der Waals surface area (Å²) in [6.45, 7) is 0. The number of rotatable bonds is 8. The van der Waals surface area contributed by atoms with Crippen molar-refractivity contribution in [3.63, 3.8) is 0 Å². The van der Waals surface area contributed by atoms with Crippen LogP contribution in [0.1, 0.15) is 18.4 Å². The number of hydrogen-bond acceptors (Lipinski definition) is 4. The van der Waals surface area contributed by atoms with Crippen LogP contribution < -0.4 is 11.1 Å². The van der Waals surface area contributed by atoms with Gasteiger partial charge in [0.05, 0.1) is 11.8 Å². The van der Waals surface area contributed by atoms with Crippen LogP contribution in [0.5, 0.6) is 0 Å². The topological polar surface area (TPSA) is 89.3 Å². The molecule has 1 aromatic rings. The molecule has 1 rings (SSSR count). The highest BCUT2D eigenvalue weighted by Gasteiger charge is 2.40. The molecular formula is C15H21F3N2O3S. The van der Waals surface area contributed by atoms with E-state index in [0.29, 0.717) is 0 Å². The molecule has 1 aromatic carbocycles. The van der Waals surface area contributed by atoms with E-state index in [1.807, 2.05) is 5.32 Å². The molecule has 0 aliphatic carbocycles. The average molecular weight is 366 g/mol. The van der Waals surface area contributed by atoms with E-state index in [1.165, 1.54) is 0 Å².